The zero-order valence-corrected chi connectivity index (χ0v) is 9.86. The molecule has 0 radical (unpaired) electrons. The number of aromatic nitrogens is 1. The second-order valence-corrected chi connectivity index (χ2v) is 4.86. The highest BCUT2D eigenvalue weighted by Gasteiger charge is 2.00. The number of hydrogen-bond acceptors (Lipinski definition) is 2. The van der Waals surface area contributed by atoms with Crippen LogP contribution in [-0.4, -0.2) is 22.5 Å². The van der Waals surface area contributed by atoms with Gasteiger partial charge in [-0.2, -0.15) is 11.8 Å². The maximum atomic E-state index is 3.50. The third-order valence-corrected chi connectivity index (χ3v) is 3.14. The molecule has 0 aliphatic heterocycles. The first-order valence-electron chi connectivity index (χ1n) is 5.26. The van der Waals surface area contributed by atoms with Gasteiger partial charge in [0, 0.05) is 24.5 Å². The van der Waals surface area contributed by atoms with Crippen LogP contribution in [0.25, 0.3) is 0 Å². The van der Waals surface area contributed by atoms with E-state index in [1.807, 2.05) is 24.0 Å². The summed E-state index contributed by atoms with van der Waals surface area (Å²) in [5.41, 5.74) is 1.26. The molecule has 1 aromatic rings. The molecule has 0 fully saturated rings. The maximum Gasteiger partial charge on any atom is 0.0359 e. The molecule has 2 nitrogen and oxygen atoms in total. The molecule has 0 saturated carbocycles. The van der Waals surface area contributed by atoms with Crippen molar-refractivity contribution in [1.29, 1.82) is 0 Å². The van der Waals surface area contributed by atoms with Crippen LogP contribution >= 0.6 is 11.8 Å². The van der Waals surface area contributed by atoms with E-state index >= 15 is 0 Å². The number of aromatic amines is 1. The van der Waals surface area contributed by atoms with E-state index in [4.69, 9.17) is 0 Å². The Morgan fingerprint density at radius 1 is 1.57 bits per heavy atom. The van der Waals surface area contributed by atoms with E-state index in [0.717, 1.165) is 6.54 Å². The number of thioether (sulfide) groups is 1. The first-order chi connectivity index (χ1) is 6.83. The van der Waals surface area contributed by atoms with Crippen molar-refractivity contribution < 1.29 is 0 Å². The lowest BCUT2D eigenvalue weighted by Gasteiger charge is -2.12. The van der Waals surface area contributed by atoms with Crippen molar-refractivity contribution in [1.82, 2.24) is 10.3 Å². The molecule has 0 aliphatic rings. The Hall–Kier alpha value is -0.410. The minimum absolute atomic E-state index is 0.609. The van der Waals surface area contributed by atoms with E-state index in [2.05, 4.69) is 30.2 Å². The second-order valence-electron chi connectivity index (χ2n) is 3.46. The molecule has 1 rings (SSSR count). The summed E-state index contributed by atoms with van der Waals surface area (Å²) >= 11 is 2.01. The summed E-state index contributed by atoms with van der Waals surface area (Å²) in [4.78, 5) is 3.19. The van der Waals surface area contributed by atoms with Gasteiger partial charge < -0.3 is 10.3 Å². The summed E-state index contributed by atoms with van der Waals surface area (Å²) in [5.74, 6) is 2.48. The highest BCUT2D eigenvalue weighted by molar-refractivity contribution is 7.99. The normalized spacial score (nSPS) is 13.0. The smallest absolute Gasteiger partial charge is 0.0359 e. The molecule has 14 heavy (non-hydrogen) atoms. The molecule has 0 spiro atoms. The highest BCUT2D eigenvalue weighted by Crippen LogP contribution is 2.04. The molecule has 0 saturated heterocycles. The van der Waals surface area contributed by atoms with E-state index in [9.17, 15) is 0 Å². The molecule has 0 amide bonds. The number of rotatable bonds is 7. The van der Waals surface area contributed by atoms with Crippen molar-refractivity contribution in [2.45, 2.75) is 32.9 Å². The van der Waals surface area contributed by atoms with E-state index in [1.54, 1.807) is 0 Å². The van der Waals surface area contributed by atoms with Crippen LogP contribution in [0.15, 0.2) is 18.3 Å². The van der Waals surface area contributed by atoms with Gasteiger partial charge >= 0.3 is 0 Å². The van der Waals surface area contributed by atoms with Crippen LogP contribution in [0.1, 0.15) is 26.0 Å². The predicted molar refractivity (Wildman–Crippen MR) is 64.7 cm³/mol. The van der Waals surface area contributed by atoms with Crippen molar-refractivity contribution in [3.8, 4) is 0 Å². The monoisotopic (exact) mass is 212 g/mol. The van der Waals surface area contributed by atoms with E-state index in [-0.39, 0.29) is 0 Å². The Morgan fingerprint density at radius 2 is 2.43 bits per heavy atom. The van der Waals surface area contributed by atoms with Gasteiger partial charge in [-0.25, -0.2) is 0 Å². The lowest BCUT2D eigenvalue weighted by molar-refractivity contribution is 0.533. The fraction of sp³-hybridized carbons (Fsp3) is 0.636. The molecule has 0 aromatic carbocycles. The number of hydrogen-bond donors (Lipinski definition) is 2. The van der Waals surface area contributed by atoms with Gasteiger partial charge in [0.1, 0.15) is 0 Å². The van der Waals surface area contributed by atoms with Crippen molar-refractivity contribution >= 4 is 11.8 Å². The number of H-pyrrole nitrogens is 1. The van der Waals surface area contributed by atoms with Gasteiger partial charge in [-0.15, -0.1) is 0 Å². The fourth-order valence-corrected chi connectivity index (χ4v) is 2.08. The van der Waals surface area contributed by atoms with Crippen LogP contribution in [0.4, 0.5) is 0 Å². The summed E-state index contributed by atoms with van der Waals surface area (Å²) in [6.07, 6.45) is 3.22. The maximum absolute atomic E-state index is 3.50. The third kappa shape index (κ3) is 4.72. The Labute approximate surface area is 90.9 Å². The summed E-state index contributed by atoms with van der Waals surface area (Å²) in [7, 11) is 0. The van der Waals surface area contributed by atoms with Gasteiger partial charge in [-0.1, -0.05) is 6.92 Å². The summed E-state index contributed by atoms with van der Waals surface area (Å²) in [5, 5.41) is 3.50. The van der Waals surface area contributed by atoms with Gasteiger partial charge in [0.25, 0.3) is 0 Å². The Morgan fingerprint density at radius 3 is 3.07 bits per heavy atom. The standard InChI is InChI=1S/C11H20N2S/c1-3-14-8-6-10(2)13-9-11-5-4-7-12-11/h4-5,7,10,12-13H,3,6,8-9H2,1-2H3. The second kappa shape index (κ2) is 6.96. The van der Waals surface area contributed by atoms with Gasteiger partial charge in [0.2, 0.25) is 0 Å². The zero-order valence-electron chi connectivity index (χ0n) is 9.05. The van der Waals surface area contributed by atoms with Crippen LogP contribution in [0.3, 0.4) is 0 Å². The van der Waals surface area contributed by atoms with Crippen molar-refractivity contribution in [3.63, 3.8) is 0 Å². The van der Waals surface area contributed by atoms with Crippen LogP contribution in [0.2, 0.25) is 0 Å². The average Bonchev–Trinajstić information content (AvgIpc) is 2.68. The molecule has 0 bridgehead atoms. The topological polar surface area (TPSA) is 27.8 Å². The SMILES string of the molecule is CCSCCC(C)NCc1ccc[nH]1. The predicted octanol–water partition coefficient (Wildman–Crippen LogP) is 2.64. The molecular weight excluding hydrogens is 192 g/mol. The Balaban J connectivity index is 2.06. The van der Waals surface area contributed by atoms with Crippen LogP contribution < -0.4 is 5.32 Å². The molecule has 1 aromatic heterocycles. The van der Waals surface area contributed by atoms with Crippen molar-refractivity contribution in [3.05, 3.63) is 24.0 Å². The van der Waals surface area contributed by atoms with E-state index in [1.165, 1.54) is 23.6 Å². The van der Waals surface area contributed by atoms with Crippen LogP contribution in [-0.2, 0) is 6.54 Å². The molecular formula is C11H20N2S. The van der Waals surface area contributed by atoms with Crippen molar-refractivity contribution in [2.24, 2.45) is 0 Å². The average molecular weight is 212 g/mol. The lowest BCUT2D eigenvalue weighted by Crippen LogP contribution is -2.26. The largest absolute Gasteiger partial charge is 0.364 e. The molecule has 80 valence electrons. The Bertz CT molecular complexity index is 221. The minimum Gasteiger partial charge on any atom is -0.364 e. The Kier molecular flexibility index (Phi) is 5.80. The quantitative estimate of drug-likeness (QED) is 0.680. The lowest BCUT2D eigenvalue weighted by atomic mass is 10.2. The number of nitrogens with one attached hydrogen (secondary N) is 2. The van der Waals surface area contributed by atoms with E-state index in [0.29, 0.717) is 6.04 Å². The molecule has 1 unspecified atom stereocenters. The van der Waals surface area contributed by atoms with Crippen LogP contribution in [0, 0.1) is 0 Å². The molecule has 2 N–H and O–H groups in total. The molecule has 0 aliphatic carbocycles. The zero-order chi connectivity index (χ0) is 10.2. The van der Waals surface area contributed by atoms with Gasteiger partial charge in [-0.3, -0.25) is 0 Å². The minimum atomic E-state index is 0.609. The highest BCUT2D eigenvalue weighted by atomic mass is 32.2. The van der Waals surface area contributed by atoms with Crippen LogP contribution in [0.5, 0.6) is 0 Å². The van der Waals surface area contributed by atoms with E-state index < -0.39 is 0 Å². The third-order valence-electron chi connectivity index (χ3n) is 2.20. The molecule has 3 heteroatoms. The first-order valence-corrected chi connectivity index (χ1v) is 6.41. The first kappa shape index (κ1) is 11.7. The summed E-state index contributed by atoms with van der Waals surface area (Å²) < 4.78 is 0. The summed E-state index contributed by atoms with van der Waals surface area (Å²) in [6, 6.07) is 4.76. The van der Waals surface area contributed by atoms with Crippen molar-refractivity contribution in [2.75, 3.05) is 11.5 Å². The molecule has 1 heterocycles. The summed E-state index contributed by atoms with van der Waals surface area (Å²) in [6.45, 7) is 5.41. The molecule has 1 atom stereocenters. The van der Waals surface area contributed by atoms with Gasteiger partial charge in [-0.05, 0) is 37.0 Å². The fourth-order valence-electron chi connectivity index (χ4n) is 1.27. The van der Waals surface area contributed by atoms with Gasteiger partial charge in [0.05, 0.1) is 0 Å². The van der Waals surface area contributed by atoms with Gasteiger partial charge in [0.15, 0.2) is 0 Å².